The molecule has 0 heterocycles. The molecule has 0 aliphatic heterocycles. The monoisotopic (exact) mass is 398 g/mol. The lowest BCUT2D eigenvalue weighted by atomic mass is 10.2. The Morgan fingerprint density at radius 2 is 1.89 bits per heavy atom. The van der Waals surface area contributed by atoms with Crippen LogP contribution in [0.5, 0.6) is 0 Å². The number of nitriles is 2. The molecule has 0 aliphatic carbocycles. The zero-order valence-corrected chi connectivity index (χ0v) is 11.8. The van der Waals surface area contributed by atoms with Crippen LogP contribution in [0.1, 0.15) is 5.56 Å². The van der Waals surface area contributed by atoms with Crippen LogP contribution in [0.3, 0.4) is 0 Å². The smallest absolute Gasteiger partial charge is 0.275 e. The maximum Gasteiger partial charge on any atom is 0.417 e. The zero-order valence-electron chi connectivity index (χ0n) is 8.89. The van der Waals surface area contributed by atoms with E-state index in [-0.39, 0.29) is 5.69 Å². The van der Waals surface area contributed by atoms with Gasteiger partial charge in [0, 0.05) is 3.57 Å². The molecule has 9 heteroatoms. The lowest BCUT2D eigenvalue weighted by Gasteiger charge is -2.12. The minimum absolute atomic E-state index is 0.000301. The molecule has 0 unspecified atom stereocenters. The molecule has 0 saturated carbocycles. The van der Waals surface area contributed by atoms with Gasteiger partial charge in [0.15, 0.2) is 0 Å². The summed E-state index contributed by atoms with van der Waals surface area (Å²) in [5.74, 6) is 0. The summed E-state index contributed by atoms with van der Waals surface area (Å²) < 4.78 is 38.3. The topological polar surface area (TPSA) is 72.0 Å². The Bertz CT molecular complexity index is 597. The van der Waals surface area contributed by atoms with Crippen molar-refractivity contribution in [2.24, 2.45) is 5.10 Å². The van der Waals surface area contributed by atoms with Gasteiger partial charge in [-0.1, -0.05) is 11.6 Å². The van der Waals surface area contributed by atoms with E-state index in [1.54, 1.807) is 22.6 Å². The Hall–Kier alpha value is -1.52. The Morgan fingerprint density at radius 1 is 1.32 bits per heavy atom. The largest absolute Gasteiger partial charge is 0.417 e. The van der Waals surface area contributed by atoms with Crippen LogP contribution in [0, 0.1) is 26.2 Å². The van der Waals surface area contributed by atoms with Gasteiger partial charge in [-0.05, 0) is 34.7 Å². The maximum atomic E-state index is 12.6. The number of rotatable bonds is 2. The normalized spacial score (nSPS) is 10.3. The van der Waals surface area contributed by atoms with Crippen LogP contribution < -0.4 is 5.43 Å². The lowest BCUT2D eigenvalue weighted by Crippen LogP contribution is -2.08. The van der Waals surface area contributed by atoms with Crippen molar-refractivity contribution in [2.75, 3.05) is 5.43 Å². The summed E-state index contributed by atoms with van der Waals surface area (Å²) >= 11 is 7.26. The number of hydrogen-bond acceptors (Lipinski definition) is 4. The van der Waals surface area contributed by atoms with E-state index < -0.39 is 22.5 Å². The molecule has 0 spiro atoms. The number of alkyl halides is 3. The molecule has 1 N–H and O–H groups in total. The third-order valence-electron chi connectivity index (χ3n) is 1.86. The molecule has 0 aromatic heterocycles. The van der Waals surface area contributed by atoms with Crippen LogP contribution in [0.25, 0.3) is 0 Å². The SMILES string of the molecule is N#CC(C#N)=NNc1cc(C(F)(F)F)c(Cl)cc1I. The summed E-state index contributed by atoms with van der Waals surface area (Å²) in [6.45, 7) is 0. The summed E-state index contributed by atoms with van der Waals surface area (Å²) in [6.07, 6.45) is -4.60. The fraction of sp³-hybridized carbons (Fsp3) is 0.100. The molecule has 0 radical (unpaired) electrons. The minimum Gasteiger partial charge on any atom is -0.275 e. The van der Waals surface area contributed by atoms with Crippen LogP contribution in [-0.4, -0.2) is 5.71 Å². The molecular weight excluding hydrogens is 395 g/mol. The van der Waals surface area contributed by atoms with E-state index in [9.17, 15) is 13.2 Å². The van der Waals surface area contributed by atoms with E-state index in [0.717, 1.165) is 12.1 Å². The van der Waals surface area contributed by atoms with Crippen molar-refractivity contribution in [3.05, 3.63) is 26.3 Å². The van der Waals surface area contributed by atoms with E-state index in [2.05, 4.69) is 10.5 Å². The number of benzene rings is 1. The van der Waals surface area contributed by atoms with Crippen LogP contribution >= 0.6 is 34.2 Å². The van der Waals surface area contributed by atoms with E-state index >= 15 is 0 Å². The lowest BCUT2D eigenvalue weighted by molar-refractivity contribution is -0.137. The van der Waals surface area contributed by atoms with Gasteiger partial charge in [0.1, 0.15) is 12.1 Å². The molecule has 1 aromatic carbocycles. The fourth-order valence-electron chi connectivity index (χ4n) is 1.04. The quantitative estimate of drug-likeness (QED) is 0.468. The van der Waals surface area contributed by atoms with Crippen LogP contribution in [0.4, 0.5) is 18.9 Å². The second-order valence-corrected chi connectivity index (χ2v) is 4.67. The van der Waals surface area contributed by atoms with Gasteiger partial charge < -0.3 is 0 Å². The maximum absolute atomic E-state index is 12.6. The zero-order chi connectivity index (χ0) is 14.6. The highest BCUT2D eigenvalue weighted by Crippen LogP contribution is 2.38. The number of anilines is 1. The number of hydrazone groups is 1. The van der Waals surface area contributed by atoms with E-state index in [4.69, 9.17) is 22.1 Å². The molecular formula is C10H3ClF3IN4. The predicted molar refractivity (Wildman–Crippen MR) is 71.5 cm³/mol. The fourth-order valence-corrected chi connectivity index (χ4v) is 2.09. The molecule has 0 saturated heterocycles. The first-order valence-corrected chi connectivity index (χ1v) is 5.95. The molecule has 0 aliphatic rings. The molecule has 0 fully saturated rings. The predicted octanol–water partition coefficient (Wildman–Crippen LogP) is 3.78. The summed E-state index contributed by atoms with van der Waals surface area (Å²) in [5.41, 5.74) is 0.706. The van der Waals surface area contributed by atoms with Crippen LogP contribution in [-0.2, 0) is 6.18 Å². The second-order valence-electron chi connectivity index (χ2n) is 3.11. The first-order valence-electron chi connectivity index (χ1n) is 4.49. The van der Waals surface area contributed by atoms with E-state index in [1.807, 2.05) is 0 Å². The summed E-state index contributed by atoms with van der Waals surface area (Å²) in [4.78, 5) is 0. The van der Waals surface area contributed by atoms with Gasteiger partial charge in [-0.2, -0.15) is 28.8 Å². The van der Waals surface area contributed by atoms with E-state index in [0.29, 0.717) is 3.57 Å². The highest BCUT2D eigenvalue weighted by molar-refractivity contribution is 14.1. The standard InChI is InChI=1S/C10H3ClF3IN4/c11-7-2-8(15)9(1-6(7)10(12,13)14)19-18-5(3-16)4-17/h1-2,19H. The Morgan fingerprint density at radius 3 is 2.37 bits per heavy atom. The van der Waals surface area contributed by atoms with Gasteiger partial charge in [-0.25, -0.2) is 0 Å². The molecule has 0 bridgehead atoms. The average Bonchev–Trinajstić information content (AvgIpc) is 2.31. The molecule has 0 amide bonds. The number of nitrogens with one attached hydrogen (secondary N) is 1. The molecule has 0 atom stereocenters. The van der Waals surface area contributed by atoms with Crippen molar-refractivity contribution in [2.45, 2.75) is 6.18 Å². The van der Waals surface area contributed by atoms with Gasteiger partial charge >= 0.3 is 6.18 Å². The molecule has 1 aromatic rings. The van der Waals surface area contributed by atoms with Gasteiger partial charge in [0.25, 0.3) is 0 Å². The molecule has 98 valence electrons. The molecule has 1 rings (SSSR count). The molecule has 4 nitrogen and oxygen atoms in total. The van der Waals surface area contributed by atoms with Gasteiger partial charge in [0.2, 0.25) is 5.71 Å². The third kappa shape index (κ3) is 3.98. The highest BCUT2D eigenvalue weighted by Gasteiger charge is 2.34. The van der Waals surface area contributed by atoms with Crippen molar-refractivity contribution >= 4 is 45.6 Å². The minimum atomic E-state index is -4.60. The van der Waals surface area contributed by atoms with E-state index in [1.165, 1.54) is 12.1 Å². The van der Waals surface area contributed by atoms with Crippen molar-refractivity contribution in [1.82, 2.24) is 0 Å². The first-order chi connectivity index (χ1) is 8.79. The van der Waals surface area contributed by atoms with Crippen molar-refractivity contribution in [1.29, 1.82) is 10.5 Å². The van der Waals surface area contributed by atoms with Crippen molar-refractivity contribution < 1.29 is 13.2 Å². The highest BCUT2D eigenvalue weighted by atomic mass is 127. The number of halogens is 5. The number of nitrogens with zero attached hydrogens (tertiary/aromatic N) is 3. The van der Waals surface area contributed by atoms with Gasteiger partial charge in [0.05, 0.1) is 16.3 Å². The number of hydrogen-bond donors (Lipinski definition) is 1. The van der Waals surface area contributed by atoms with Gasteiger partial charge in [-0.3, -0.25) is 5.43 Å². The Labute approximate surface area is 124 Å². The summed E-state index contributed by atoms with van der Waals surface area (Å²) in [7, 11) is 0. The van der Waals surface area contributed by atoms with Crippen molar-refractivity contribution in [3.8, 4) is 12.1 Å². The van der Waals surface area contributed by atoms with Crippen LogP contribution in [0.2, 0.25) is 5.02 Å². The Balaban J connectivity index is 3.21. The van der Waals surface area contributed by atoms with Crippen molar-refractivity contribution in [3.63, 3.8) is 0 Å². The van der Waals surface area contributed by atoms with Gasteiger partial charge in [-0.15, -0.1) is 0 Å². The third-order valence-corrected chi connectivity index (χ3v) is 3.07. The Kier molecular flexibility index (Phi) is 4.97. The average molecular weight is 399 g/mol. The first kappa shape index (κ1) is 15.5. The van der Waals surface area contributed by atoms with Crippen LogP contribution in [0.15, 0.2) is 17.2 Å². The molecule has 19 heavy (non-hydrogen) atoms. The second kappa shape index (κ2) is 6.08. The summed E-state index contributed by atoms with van der Waals surface area (Å²) in [5, 5.41) is 19.8. The summed E-state index contributed by atoms with van der Waals surface area (Å²) in [6, 6.07) is 4.82.